The summed E-state index contributed by atoms with van der Waals surface area (Å²) in [4.78, 5) is 11.2. The molecule has 0 aliphatic carbocycles. The van der Waals surface area contributed by atoms with Gasteiger partial charge in [-0.1, -0.05) is 12.1 Å². The van der Waals surface area contributed by atoms with Gasteiger partial charge in [-0.25, -0.2) is 4.79 Å². The van der Waals surface area contributed by atoms with Crippen LogP contribution in [-0.4, -0.2) is 27.2 Å². The molecular formula is C9H8N2O4S. The molecule has 6 nitrogen and oxygen atoms in total. The minimum atomic E-state index is -3.88. The van der Waals surface area contributed by atoms with Crippen LogP contribution in [0.25, 0.3) is 0 Å². The Kier molecular flexibility index (Phi) is 2.20. The number of nitrogen functional groups attached to an aromatic ring is 1. The summed E-state index contributed by atoms with van der Waals surface area (Å²) in [5.41, 5.74) is 5.57. The first-order valence-corrected chi connectivity index (χ1v) is 5.73. The fraction of sp³-hybridized carbons (Fsp3) is 0.111. The van der Waals surface area contributed by atoms with Gasteiger partial charge >= 0.3 is 5.97 Å². The van der Waals surface area contributed by atoms with E-state index in [1.165, 1.54) is 12.1 Å². The van der Waals surface area contributed by atoms with Crippen molar-refractivity contribution in [3.05, 3.63) is 23.8 Å². The Hall–Kier alpha value is -1.89. The van der Waals surface area contributed by atoms with Crippen LogP contribution in [0.4, 0.5) is 5.69 Å². The molecule has 1 heterocycles. The van der Waals surface area contributed by atoms with Crippen LogP contribution in [0.15, 0.2) is 27.5 Å². The molecule has 0 unspecified atom stereocenters. The van der Waals surface area contributed by atoms with Crippen LogP contribution in [0.3, 0.4) is 0 Å². The molecule has 1 aromatic rings. The molecule has 0 aromatic heterocycles. The summed E-state index contributed by atoms with van der Waals surface area (Å²) in [7, 11) is -2.72. The molecule has 0 atom stereocenters. The normalized spacial score (nSPS) is 16.4. The smallest absolute Gasteiger partial charge is 0.358 e. The van der Waals surface area contributed by atoms with E-state index in [2.05, 4.69) is 9.13 Å². The average Bonchev–Trinajstić information content (AvgIpc) is 2.51. The van der Waals surface area contributed by atoms with Crippen molar-refractivity contribution < 1.29 is 17.9 Å². The highest BCUT2D eigenvalue weighted by molar-refractivity contribution is 7.91. The molecule has 16 heavy (non-hydrogen) atoms. The number of rotatable bonds is 1. The van der Waals surface area contributed by atoms with Gasteiger partial charge in [0.25, 0.3) is 10.0 Å². The highest BCUT2D eigenvalue weighted by atomic mass is 32.2. The van der Waals surface area contributed by atoms with Gasteiger partial charge in [-0.15, -0.1) is 0 Å². The molecule has 0 fully saturated rings. The largest absolute Gasteiger partial charge is 0.464 e. The van der Waals surface area contributed by atoms with Gasteiger partial charge in [0.05, 0.1) is 12.8 Å². The van der Waals surface area contributed by atoms with Gasteiger partial charge in [0.1, 0.15) is 4.90 Å². The number of hydrogen-bond acceptors (Lipinski definition) is 5. The average molecular weight is 240 g/mol. The minimum absolute atomic E-state index is 0.0696. The molecule has 84 valence electrons. The second-order valence-corrected chi connectivity index (χ2v) is 4.67. The molecule has 0 saturated heterocycles. The van der Waals surface area contributed by atoms with E-state index in [9.17, 15) is 13.2 Å². The molecule has 7 heteroatoms. The van der Waals surface area contributed by atoms with E-state index >= 15 is 0 Å². The van der Waals surface area contributed by atoms with Crippen molar-refractivity contribution in [3.8, 4) is 0 Å². The lowest BCUT2D eigenvalue weighted by molar-refractivity contribution is -0.132. The Bertz CT molecular complexity index is 604. The number of methoxy groups -OCH3 is 1. The van der Waals surface area contributed by atoms with Crippen molar-refractivity contribution in [1.82, 2.24) is 0 Å². The number of nitrogens with zero attached hydrogens (tertiary/aromatic N) is 1. The molecule has 0 bridgehead atoms. The van der Waals surface area contributed by atoms with E-state index in [1.807, 2.05) is 0 Å². The molecule has 0 radical (unpaired) electrons. The highest BCUT2D eigenvalue weighted by Crippen LogP contribution is 2.31. The van der Waals surface area contributed by atoms with Crippen LogP contribution >= 0.6 is 0 Å². The first kappa shape index (κ1) is 10.6. The van der Waals surface area contributed by atoms with Crippen LogP contribution < -0.4 is 5.73 Å². The van der Waals surface area contributed by atoms with Gasteiger partial charge in [0.2, 0.25) is 0 Å². The predicted molar refractivity (Wildman–Crippen MR) is 56.6 cm³/mol. The number of carbonyl (C=O) groups is 1. The number of nitrogens with two attached hydrogens (primary N) is 1. The fourth-order valence-corrected chi connectivity index (χ4v) is 2.80. The number of hydrogen-bond donors (Lipinski definition) is 1. The SMILES string of the molecule is COC(=O)C1=NS(=O)(=O)c2c(N)cccc21. The second-order valence-electron chi connectivity index (χ2n) is 3.13. The zero-order valence-electron chi connectivity index (χ0n) is 8.30. The number of ether oxygens (including phenoxy) is 1. The minimum Gasteiger partial charge on any atom is -0.464 e. The van der Waals surface area contributed by atoms with Crippen LogP contribution in [-0.2, 0) is 19.6 Å². The Morgan fingerprint density at radius 3 is 2.75 bits per heavy atom. The molecule has 0 amide bonds. The lowest BCUT2D eigenvalue weighted by Crippen LogP contribution is -2.15. The maximum atomic E-state index is 11.6. The number of esters is 1. The second kappa shape index (κ2) is 3.31. The van der Waals surface area contributed by atoms with Crippen LogP contribution in [0.1, 0.15) is 5.56 Å². The molecular weight excluding hydrogens is 232 g/mol. The Balaban J connectivity index is 2.75. The Labute approximate surface area is 91.8 Å². The van der Waals surface area contributed by atoms with Crippen molar-refractivity contribution in [2.45, 2.75) is 4.90 Å². The molecule has 1 aliphatic rings. The summed E-state index contributed by atoms with van der Waals surface area (Å²) in [6.07, 6.45) is 0. The third kappa shape index (κ3) is 1.36. The van der Waals surface area contributed by atoms with Gasteiger partial charge in [-0.05, 0) is 6.07 Å². The monoisotopic (exact) mass is 240 g/mol. The summed E-state index contributed by atoms with van der Waals surface area (Å²) in [5, 5.41) is 0. The molecule has 0 saturated carbocycles. The summed E-state index contributed by atoms with van der Waals surface area (Å²) in [6, 6.07) is 4.45. The van der Waals surface area contributed by atoms with Crippen LogP contribution in [0.2, 0.25) is 0 Å². The number of fused-ring (bicyclic) bond motifs is 1. The quantitative estimate of drug-likeness (QED) is 0.547. The lowest BCUT2D eigenvalue weighted by atomic mass is 10.1. The number of sulfonamides is 1. The van der Waals surface area contributed by atoms with Crippen LogP contribution in [0, 0.1) is 0 Å². The van der Waals surface area contributed by atoms with E-state index in [1.54, 1.807) is 6.07 Å². The highest BCUT2D eigenvalue weighted by Gasteiger charge is 2.34. The third-order valence-electron chi connectivity index (χ3n) is 2.15. The lowest BCUT2D eigenvalue weighted by Gasteiger charge is -2.02. The van der Waals surface area contributed by atoms with E-state index in [0.29, 0.717) is 0 Å². The first-order chi connectivity index (χ1) is 7.47. The summed E-state index contributed by atoms with van der Waals surface area (Å²) in [6.45, 7) is 0. The fourth-order valence-electron chi connectivity index (χ4n) is 1.49. The Morgan fingerprint density at radius 1 is 1.44 bits per heavy atom. The number of anilines is 1. The van der Waals surface area contributed by atoms with Crippen molar-refractivity contribution in [2.75, 3.05) is 12.8 Å². The van der Waals surface area contributed by atoms with Crippen LogP contribution in [0.5, 0.6) is 0 Å². The van der Waals surface area contributed by atoms with Gasteiger partial charge in [0.15, 0.2) is 5.71 Å². The maximum absolute atomic E-state index is 11.6. The van der Waals surface area contributed by atoms with E-state index < -0.39 is 16.0 Å². The predicted octanol–water partition coefficient (Wildman–Crippen LogP) is -0.0668. The standard InChI is InChI=1S/C9H8N2O4S/c1-15-9(12)7-5-3-2-4-6(10)8(5)16(13,14)11-7/h2-4H,10H2,1H3. The van der Waals surface area contributed by atoms with Crippen molar-refractivity contribution in [3.63, 3.8) is 0 Å². The van der Waals surface area contributed by atoms with Crippen molar-refractivity contribution >= 4 is 27.4 Å². The molecule has 2 N–H and O–H groups in total. The summed E-state index contributed by atoms with van der Waals surface area (Å²) >= 11 is 0. The first-order valence-electron chi connectivity index (χ1n) is 4.29. The third-order valence-corrected chi connectivity index (χ3v) is 3.54. The van der Waals surface area contributed by atoms with E-state index in [0.717, 1.165) is 7.11 Å². The van der Waals surface area contributed by atoms with Crippen molar-refractivity contribution in [2.24, 2.45) is 4.40 Å². The molecule has 1 aromatic carbocycles. The van der Waals surface area contributed by atoms with Gasteiger partial charge in [-0.3, -0.25) is 0 Å². The zero-order chi connectivity index (χ0) is 11.9. The summed E-state index contributed by atoms with van der Waals surface area (Å²) < 4.78 is 31.1. The topological polar surface area (TPSA) is 98.8 Å². The van der Waals surface area contributed by atoms with Crippen molar-refractivity contribution in [1.29, 1.82) is 0 Å². The Morgan fingerprint density at radius 2 is 2.12 bits per heavy atom. The van der Waals surface area contributed by atoms with Gasteiger partial charge in [0, 0.05) is 5.56 Å². The number of carbonyl (C=O) groups excluding carboxylic acids is 1. The van der Waals surface area contributed by atoms with Gasteiger partial charge in [-0.2, -0.15) is 12.8 Å². The molecule has 2 rings (SSSR count). The summed E-state index contributed by atoms with van der Waals surface area (Å²) in [5.74, 6) is -0.798. The molecule has 0 spiro atoms. The maximum Gasteiger partial charge on any atom is 0.358 e. The van der Waals surface area contributed by atoms with Gasteiger partial charge < -0.3 is 10.5 Å². The van der Waals surface area contributed by atoms with E-state index in [4.69, 9.17) is 5.73 Å². The zero-order valence-corrected chi connectivity index (χ0v) is 9.11. The number of benzene rings is 1. The van der Waals surface area contributed by atoms with E-state index in [-0.39, 0.29) is 21.9 Å². The molecule has 1 aliphatic heterocycles.